The van der Waals surface area contributed by atoms with Crippen LogP contribution < -0.4 is 10.6 Å². The second-order valence-corrected chi connectivity index (χ2v) is 4.39. The summed E-state index contributed by atoms with van der Waals surface area (Å²) >= 11 is 0. The molecule has 2 N–H and O–H groups in total. The molecular weight excluding hydrogens is 219 g/mol. The second-order valence-electron chi connectivity index (χ2n) is 4.39. The number of carbonyl (C=O) groups is 1. The summed E-state index contributed by atoms with van der Waals surface area (Å²) in [6.07, 6.45) is 2.00. The summed E-state index contributed by atoms with van der Waals surface area (Å²) in [7, 11) is 0. The maximum absolute atomic E-state index is 12.7. The molecule has 0 spiro atoms. The summed E-state index contributed by atoms with van der Waals surface area (Å²) in [5.41, 5.74) is 0.920. The van der Waals surface area contributed by atoms with E-state index in [0.717, 1.165) is 31.5 Å². The summed E-state index contributed by atoms with van der Waals surface area (Å²) < 4.78 is 12.7. The number of piperidine rings is 1. The van der Waals surface area contributed by atoms with Crippen LogP contribution in [0.3, 0.4) is 0 Å². The van der Waals surface area contributed by atoms with Crippen molar-refractivity contribution in [3.8, 4) is 0 Å². The zero-order valence-corrected chi connectivity index (χ0v) is 9.71. The summed E-state index contributed by atoms with van der Waals surface area (Å²) in [5, 5.41) is 6.10. The summed E-state index contributed by atoms with van der Waals surface area (Å²) in [4.78, 5) is 11.8. The lowest BCUT2D eigenvalue weighted by Gasteiger charge is -2.21. The standard InChI is InChI=1S/C13H17FN2O/c14-12-5-3-10(4-6-12)8-16-13(17)11-2-1-7-15-9-11/h3-6,11,15H,1-2,7-9H2,(H,16,17). The molecule has 1 heterocycles. The summed E-state index contributed by atoms with van der Waals surface area (Å²) in [6.45, 7) is 2.23. The van der Waals surface area contributed by atoms with Crippen molar-refractivity contribution in [3.63, 3.8) is 0 Å². The quantitative estimate of drug-likeness (QED) is 0.834. The minimum atomic E-state index is -0.253. The van der Waals surface area contributed by atoms with Crippen molar-refractivity contribution >= 4 is 5.91 Å². The van der Waals surface area contributed by atoms with Gasteiger partial charge in [-0.05, 0) is 37.1 Å². The molecule has 1 aromatic carbocycles. The number of amides is 1. The fourth-order valence-corrected chi connectivity index (χ4v) is 2.01. The molecule has 1 atom stereocenters. The topological polar surface area (TPSA) is 41.1 Å². The highest BCUT2D eigenvalue weighted by Crippen LogP contribution is 2.10. The van der Waals surface area contributed by atoms with Crippen LogP contribution in [0.4, 0.5) is 4.39 Å². The lowest BCUT2D eigenvalue weighted by atomic mass is 9.99. The van der Waals surface area contributed by atoms with E-state index in [9.17, 15) is 9.18 Å². The average molecular weight is 236 g/mol. The second kappa shape index (κ2) is 5.77. The van der Waals surface area contributed by atoms with E-state index in [1.54, 1.807) is 12.1 Å². The maximum atomic E-state index is 12.7. The number of rotatable bonds is 3. The normalized spacial score (nSPS) is 19.9. The maximum Gasteiger partial charge on any atom is 0.224 e. The molecule has 1 unspecified atom stereocenters. The zero-order valence-electron chi connectivity index (χ0n) is 9.71. The first-order valence-electron chi connectivity index (χ1n) is 5.98. The number of carbonyl (C=O) groups excluding carboxylic acids is 1. The molecule has 1 fully saturated rings. The van der Waals surface area contributed by atoms with Gasteiger partial charge in [-0.25, -0.2) is 4.39 Å². The van der Waals surface area contributed by atoms with Gasteiger partial charge in [0.1, 0.15) is 5.82 Å². The Labute approximate surface area is 100 Å². The van der Waals surface area contributed by atoms with Crippen LogP contribution in [-0.4, -0.2) is 19.0 Å². The molecule has 92 valence electrons. The smallest absolute Gasteiger partial charge is 0.224 e. The van der Waals surface area contributed by atoms with Crippen molar-refractivity contribution in [2.45, 2.75) is 19.4 Å². The molecule has 1 saturated heterocycles. The van der Waals surface area contributed by atoms with Crippen LogP contribution in [0, 0.1) is 11.7 Å². The largest absolute Gasteiger partial charge is 0.352 e. The molecule has 17 heavy (non-hydrogen) atoms. The van der Waals surface area contributed by atoms with Gasteiger partial charge in [0.2, 0.25) is 5.91 Å². The average Bonchev–Trinajstić information content (AvgIpc) is 2.39. The van der Waals surface area contributed by atoms with Crippen LogP contribution in [0.5, 0.6) is 0 Å². The first kappa shape index (κ1) is 12.0. The van der Waals surface area contributed by atoms with Crippen molar-refractivity contribution in [2.24, 2.45) is 5.92 Å². The Morgan fingerprint density at radius 3 is 2.82 bits per heavy atom. The molecule has 0 aliphatic carbocycles. The predicted octanol–water partition coefficient (Wildman–Crippen LogP) is 1.44. The van der Waals surface area contributed by atoms with Gasteiger partial charge in [0.15, 0.2) is 0 Å². The zero-order chi connectivity index (χ0) is 12.1. The van der Waals surface area contributed by atoms with Gasteiger partial charge >= 0.3 is 0 Å². The fourth-order valence-electron chi connectivity index (χ4n) is 2.01. The third-order valence-corrected chi connectivity index (χ3v) is 3.05. The molecule has 0 saturated carbocycles. The molecule has 0 bridgehead atoms. The van der Waals surface area contributed by atoms with E-state index in [1.165, 1.54) is 12.1 Å². The van der Waals surface area contributed by atoms with Crippen LogP contribution in [0.2, 0.25) is 0 Å². The van der Waals surface area contributed by atoms with Crippen molar-refractivity contribution in [1.29, 1.82) is 0 Å². The van der Waals surface area contributed by atoms with E-state index in [1.807, 2.05) is 0 Å². The van der Waals surface area contributed by atoms with Crippen molar-refractivity contribution in [1.82, 2.24) is 10.6 Å². The number of nitrogens with one attached hydrogen (secondary N) is 2. The monoisotopic (exact) mass is 236 g/mol. The SMILES string of the molecule is O=C(NCc1ccc(F)cc1)C1CCCNC1. The van der Waals surface area contributed by atoms with Gasteiger partial charge < -0.3 is 10.6 Å². The van der Waals surface area contributed by atoms with Gasteiger partial charge in [0, 0.05) is 13.1 Å². The van der Waals surface area contributed by atoms with E-state index < -0.39 is 0 Å². The molecule has 0 radical (unpaired) electrons. The van der Waals surface area contributed by atoms with E-state index in [-0.39, 0.29) is 17.6 Å². The minimum Gasteiger partial charge on any atom is -0.352 e. The molecule has 4 heteroatoms. The van der Waals surface area contributed by atoms with Gasteiger partial charge in [0.25, 0.3) is 0 Å². The third-order valence-electron chi connectivity index (χ3n) is 3.05. The van der Waals surface area contributed by atoms with Crippen LogP contribution in [-0.2, 0) is 11.3 Å². The molecule has 1 aliphatic rings. The number of hydrogen-bond acceptors (Lipinski definition) is 2. The van der Waals surface area contributed by atoms with Crippen LogP contribution in [0.25, 0.3) is 0 Å². The molecule has 0 aromatic heterocycles. The van der Waals surface area contributed by atoms with Gasteiger partial charge in [-0.2, -0.15) is 0 Å². The Morgan fingerprint density at radius 1 is 1.41 bits per heavy atom. The Hall–Kier alpha value is -1.42. The highest BCUT2D eigenvalue weighted by atomic mass is 19.1. The van der Waals surface area contributed by atoms with E-state index in [4.69, 9.17) is 0 Å². The van der Waals surface area contributed by atoms with Crippen molar-refractivity contribution in [3.05, 3.63) is 35.6 Å². The predicted molar refractivity (Wildman–Crippen MR) is 63.8 cm³/mol. The first-order chi connectivity index (χ1) is 8.25. The fraction of sp³-hybridized carbons (Fsp3) is 0.462. The minimum absolute atomic E-state index is 0.0733. The molecule has 3 nitrogen and oxygen atoms in total. The summed E-state index contributed by atoms with van der Waals surface area (Å²) in [6, 6.07) is 6.19. The highest BCUT2D eigenvalue weighted by molar-refractivity contribution is 5.78. The van der Waals surface area contributed by atoms with E-state index in [2.05, 4.69) is 10.6 Å². The van der Waals surface area contributed by atoms with Gasteiger partial charge in [0.05, 0.1) is 5.92 Å². The Bertz CT molecular complexity index is 372. The number of halogens is 1. The first-order valence-corrected chi connectivity index (χ1v) is 5.98. The van der Waals surface area contributed by atoms with Crippen LogP contribution in [0.1, 0.15) is 18.4 Å². The molecule has 1 aromatic rings. The Kier molecular flexibility index (Phi) is 4.09. The molecule has 1 aliphatic heterocycles. The molecular formula is C13H17FN2O. The number of hydrogen-bond donors (Lipinski definition) is 2. The lowest BCUT2D eigenvalue weighted by Crippen LogP contribution is -2.40. The van der Waals surface area contributed by atoms with Crippen LogP contribution in [0.15, 0.2) is 24.3 Å². The van der Waals surface area contributed by atoms with E-state index in [0.29, 0.717) is 6.54 Å². The lowest BCUT2D eigenvalue weighted by molar-refractivity contribution is -0.125. The Balaban J connectivity index is 1.81. The van der Waals surface area contributed by atoms with Gasteiger partial charge in [-0.15, -0.1) is 0 Å². The van der Waals surface area contributed by atoms with E-state index >= 15 is 0 Å². The third kappa shape index (κ3) is 3.53. The van der Waals surface area contributed by atoms with Crippen molar-refractivity contribution < 1.29 is 9.18 Å². The molecule has 2 rings (SSSR count). The molecule has 1 amide bonds. The Morgan fingerprint density at radius 2 is 2.18 bits per heavy atom. The number of benzene rings is 1. The van der Waals surface area contributed by atoms with Gasteiger partial charge in [-0.1, -0.05) is 12.1 Å². The van der Waals surface area contributed by atoms with Crippen LogP contribution >= 0.6 is 0 Å². The van der Waals surface area contributed by atoms with Gasteiger partial charge in [-0.3, -0.25) is 4.79 Å². The van der Waals surface area contributed by atoms with Crippen molar-refractivity contribution in [2.75, 3.05) is 13.1 Å². The highest BCUT2D eigenvalue weighted by Gasteiger charge is 2.20. The summed E-state index contributed by atoms with van der Waals surface area (Å²) in [5.74, 6) is -0.0951.